The van der Waals surface area contributed by atoms with Gasteiger partial charge in [-0.25, -0.2) is 0 Å². The second-order valence-corrected chi connectivity index (χ2v) is 6.22. The molecule has 3 heteroatoms. The summed E-state index contributed by atoms with van der Waals surface area (Å²) in [6.07, 6.45) is 6.24. The van der Waals surface area contributed by atoms with Gasteiger partial charge in [0.15, 0.2) is 0 Å². The molecule has 0 amide bonds. The van der Waals surface area contributed by atoms with Gasteiger partial charge in [-0.05, 0) is 68.9 Å². The van der Waals surface area contributed by atoms with Crippen molar-refractivity contribution in [3.8, 4) is 5.75 Å². The third kappa shape index (κ3) is 3.58. The zero-order chi connectivity index (χ0) is 14.5. The number of hydrogen-bond donors (Lipinski definition) is 1. The zero-order valence-electron chi connectivity index (χ0n) is 13.2. The van der Waals surface area contributed by atoms with E-state index >= 15 is 0 Å². The van der Waals surface area contributed by atoms with E-state index in [0.29, 0.717) is 6.04 Å². The van der Waals surface area contributed by atoms with Crippen molar-refractivity contribution >= 4 is 0 Å². The Morgan fingerprint density at radius 3 is 2.95 bits per heavy atom. The summed E-state index contributed by atoms with van der Waals surface area (Å²) in [5.41, 5.74) is 2.89. The lowest BCUT2D eigenvalue weighted by molar-refractivity contribution is 0.262. The summed E-state index contributed by atoms with van der Waals surface area (Å²) >= 11 is 0. The fourth-order valence-electron chi connectivity index (χ4n) is 3.69. The molecule has 0 saturated carbocycles. The number of benzene rings is 1. The van der Waals surface area contributed by atoms with Gasteiger partial charge in [0, 0.05) is 12.6 Å². The van der Waals surface area contributed by atoms with Crippen LogP contribution in [-0.4, -0.2) is 37.7 Å². The van der Waals surface area contributed by atoms with Gasteiger partial charge in [-0.2, -0.15) is 0 Å². The Labute approximate surface area is 128 Å². The first-order valence-corrected chi connectivity index (χ1v) is 8.59. The fourth-order valence-corrected chi connectivity index (χ4v) is 3.69. The molecule has 1 saturated heterocycles. The number of nitrogens with one attached hydrogen (secondary N) is 1. The normalized spacial score (nSPS) is 21.7. The number of nitrogens with zero attached hydrogens (tertiary/aromatic N) is 1. The predicted molar refractivity (Wildman–Crippen MR) is 87.0 cm³/mol. The summed E-state index contributed by atoms with van der Waals surface area (Å²) in [7, 11) is 0. The number of likely N-dealkylation sites (tertiary alicyclic amines) is 1. The van der Waals surface area contributed by atoms with Gasteiger partial charge in [-0.1, -0.05) is 19.1 Å². The van der Waals surface area contributed by atoms with Crippen molar-refractivity contribution < 1.29 is 4.74 Å². The van der Waals surface area contributed by atoms with E-state index in [1.165, 1.54) is 50.0 Å². The summed E-state index contributed by atoms with van der Waals surface area (Å²) in [6, 6.07) is 7.07. The Balaban J connectivity index is 1.51. The topological polar surface area (TPSA) is 24.5 Å². The van der Waals surface area contributed by atoms with E-state index in [2.05, 4.69) is 35.3 Å². The first kappa shape index (κ1) is 14.9. The van der Waals surface area contributed by atoms with Crippen molar-refractivity contribution in [3.05, 3.63) is 29.3 Å². The fraction of sp³-hybridized carbons (Fsp3) is 0.667. The van der Waals surface area contributed by atoms with Crippen molar-refractivity contribution in [2.45, 2.75) is 45.1 Å². The Morgan fingerprint density at radius 2 is 2.14 bits per heavy atom. The molecule has 1 heterocycles. The van der Waals surface area contributed by atoms with Gasteiger partial charge in [-0.15, -0.1) is 0 Å². The van der Waals surface area contributed by atoms with Crippen molar-refractivity contribution in [1.29, 1.82) is 0 Å². The van der Waals surface area contributed by atoms with Crippen molar-refractivity contribution in [3.63, 3.8) is 0 Å². The van der Waals surface area contributed by atoms with Crippen LogP contribution in [0.2, 0.25) is 0 Å². The van der Waals surface area contributed by atoms with Gasteiger partial charge in [0.05, 0.1) is 6.61 Å². The molecule has 1 N–H and O–H groups in total. The molecule has 1 unspecified atom stereocenters. The lowest BCUT2D eigenvalue weighted by atomic mass is 10.1. The van der Waals surface area contributed by atoms with Crippen molar-refractivity contribution in [2.24, 2.45) is 0 Å². The van der Waals surface area contributed by atoms with E-state index < -0.39 is 0 Å². The number of ether oxygens (including phenoxy) is 1. The van der Waals surface area contributed by atoms with E-state index in [1.54, 1.807) is 0 Å². The minimum atomic E-state index is 0.526. The quantitative estimate of drug-likeness (QED) is 0.780. The van der Waals surface area contributed by atoms with Gasteiger partial charge in [-0.3, -0.25) is 0 Å². The van der Waals surface area contributed by atoms with Gasteiger partial charge < -0.3 is 15.0 Å². The molecule has 21 heavy (non-hydrogen) atoms. The largest absolute Gasteiger partial charge is 0.493 e. The molecule has 0 spiro atoms. The Kier molecular flexibility index (Phi) is 5.15. The van der Waals surface area contributed by atoms with Gasteiger partial charge in [0.1, 0.15) is 5.75 Å². The monoisotopic (exact) mass is 288 g/mol. The van der Waals surface area contributed by atoms with Crippen molar-refractivity contribution in [2.75, 3.05) is 32.8 Å². The molecular formula is C18H28N2O. The molecule has 1 fully saturated rings. The van der Waals surface area contributed by atoms with E-state index in [1.807, 2.05) is 0 Å². The maximum absolute atomic E-state index is 6.08. The molecule has 1 aromatic rings. The molecule has 3 nitrogen and oxygen atoms in total. The van der Waals surface area contributed by atoms with Crippen LogP contribution in [0.4, 0.5) is 0 Å². The van der Waals surface area contributed by atoms with Crippen LogP contribution in [0.25, 0.3) is 0 Å². The number of rotatable bonds is 7. The second-order valence-electron chi connectivity index (χ2n) is 6.22. The molecule has 2 aliphatic rings. The van der Waals surface area contributed by atoms with Crippen LogP contribution in [0.15, 0.2) is 18.2 Å². The molecule has 116 valence electrons. The van der Waals surface area contributed by atoms with Crippen LogP contribution >= 0.6 is 0 Å². The standard InChI is InChI=1S/C18H28N2O/c1-2-19-17-10-9-16-15(17)7-5-8-18(16)21-14-6-13-20-11-3-4-12-20/h5,7-8,17,19H,2-4,6,9-14H2,1H3. The van der Waals surface area contributed by atoms with Crippen LogP contribution in [0, 0.1) is 0 Å². The Morgan fingerprint density at radius 1 is 1.29 bits per heavy atom. The number of hydrogen-bond acceptors (Lipinski definition) is 3. The molecule has 1 aliphatic heterocycles. The molecule has 0 radical (unpaired) electrons. The van der Waals surface area contributed by atoms with E-state index in [4.69, 9.17) is 4.74 Å². The molecule has 1 atom stereocenters. The third-order valence-electron chi connectivity index (χ3n) is 4.75. The highest BCUT2D eigenvalue weighted by atomic mass is 16.5. The zero-order valence-corrected chi connectivity index (χ0v) is 13.2. The van der Waals surface area contributed by atoms with Gasteiger partial charge >= 0.3 is 0 Å². The predicted octanol–water partition coefficient (Wildman–Crippen LogP) is 3.15. The Bertz CT molecular complexity index is 455. The smallest absolute Gasteiger partial charge is 0.122 e. The van der Waals surface area contributed by atoms with Crippen LogP contribution in [0.1, 0.15) is 49.8 Å². The highest BCUT2D eigenvalue weighted by Gasteiger charge is 2.24. The van der Waals surface area contributed by atoms with E-state index in [-0.39, 0.29) is 0 Å². The first-order valence-electron chi connectivity index (χ1n) is 8.59. The molecule has 1 aromatic carbocycles. The summed E-state index contributed by atoms with van der Waals surface area (Å²) in [5, 5.41) is 3.57. The molecule has 0 bridgehead atoms. The average molecular weight is 288 g/mol. The summed E-state index contributed by atoms with van der Waals surface area (Å²) < 4.78 is 6.08. The summed E-state index contributed by atoms with van der Waals surface area (Å²) in [5.74, 6) is 1.12. The molecule has 3 rings (SSSR count). The highest BCUT2D eigenvalue weighted by Crippen LogP contribution is 2.36. The highest BCUT2D eigenvalue weighted by molar-refractivity contribution is 5.45. The molecular weight excluding hydrogens is 260 g/mol. The summed E-state index contributed by atoms with van der Waals surface area (Å²) in [6.45, 7) is 7.81. The lowest BCUT2D eigenvalue weighted by Gasteiger charge is -2.16. The number of fused-ring (bicyclic) bond motifs is 1. The third-order valence-corrected chi connectivity index (χ3v) is 4.75. The van der Waals surface area contributed by atoms with Crippen molar-refractivity contribution in [1.82, 2.24) is 10.2 Å². The maximum Gasteiger partial charge on any atom is 0.122 e. The van der Waals surface area contributed by atoms with E-state index in [9.17, 15) is 0 Å². The van der Waals surface area contributed by atoms with Crippen LogP contribution < -0.4 is 10.1 Å². The van der Waals surface area contributed by atoms with Crippen LogP contribution in [0.3, 0.4) is 0 Å². The first-order chi connectivity index (χ1) is 10.4. The van der Waals surface area contributed by atoms with Gasteiger partial charge in [0.2, 0.25) is 0 Å². The minimum absolute atomic E-state index is 0.526. The van der Waals surface area contributed by atoms with Crippen LogP contribution in [-0.2, 0) is 6.42 Å². The summed E-state index contributed by atoms with van der Waals surface area (Å²) in [4.78, 5) is 2.56. The Hall–Kier alpha value is -1.06. The van der Waals surface area contributed by atoms with Gasteiger partial charge in [0.25, 0.3) is 0 Å². The van der Waals surface area contributed by atoms with E-state index in [0.717, 1.165) is 31.7 Å². The minimum Gasteiger partial charge on any atom is -0.493 e. The lowest BCUT2D eigenvalue weighted by Crippen LogP contribution is -2.22. The molecule has 1 aliphatic carbocycles. The SMILES string of the molecule is CCNC1CCc2c(OCCCN3CCCC3)cccc21. The maximum atomic E-state index is 6.08. The second kappa shape index (κ2) is 7.28. The average Bonchev–Trinajstić information content (AvgIpc) is 3.14. The molecule has 0 aromatic heterocycles. The van der Waals surface area contributed by atoms with Crippen LogP contribution in [0.5, 0.6) is 5.75 Å².